The summed E-state index contributed by atoms with van der Waals surface area (Å²) in [5.41, 5.74) is 0.940. The van der Waals surface area contributed by atoms with Gasteiger partial charge in [0.2, 0.25) is 0 Å². The molecule has 3 nitrogen and oxygen atoms in total. The summed E-state index contributed by atoms with van der Waals surface area (Å²) in [5, 5.41) is 1.25. The van der Waals surface area contributed by atoms with Gasteiger partial charge < -0.3 is 4.74 Å². The first kappa shape index (κ1) is 15.4. The summed E-state index contributed by atoms with van der Waals surface area (Å²) in [6, 6.07) is 4.63. The van der Waals surface area contributed by atoms with Crippen molar-refractivity contribution in [3.8, 4) is 11.1 Å². The van der Waals surface area contributed by atoms with E-state index in [0.717, 1.165) is 0 Å². The molecular formula is C13H7Cl4NO2. The van der Waals surface area contributed by atoms with Gasteiger partial charge in [0, 0.05) is 22.3 Å². The van der Waals surface area contributed by atoms with Gasteiger partial charge in [-0.1, -0.05) is 46.4 Å². The van der Waals surface area contributed by atoms with Crippen LogP contribution >= 0.6 is 46.4 Å². The lowest BCUT2D eigenvalue weighted by Gasteiger charge is -2.11. The predicted octanol–water partition coefficient (Wildman–Crippen LogP) is 5.15. The monoisotopic (exact) mass is 349 g/mol. The number of pyridine rings is 1. The standard InChI is InChI=1S/C13H7Cl4NO2/c1-20-13(19)12-9(3-7(15)5-18-12)8-2-6(14)4-10(16)11(8)17/h2-5H,1H3. The molecule has 0 atom stereocenters. The van der Waals surface area contributed by atoms with Crippen molar-refractivity contribution in [2.75, 3.05) is 7.11 Å². The number of ether oxygens (including phenoxy) is 1. The fourth-order valence-corrected chi connectivity index (χ4v) is 2.52. The molecule has 1 heterocycles. The van der Waals surface area contributed by atoms with E-state index in [2.05, 4.69) is 9.72 Å². The number of methoxy groups -OCH3 is 1. The average Bonchev–Trinajstić information content (AvgIpc) is 2.42. The zero-order valence-electron chi connectivity index (χ0n) is 10.1. The number of nitrogens with zero attached hydrogens (tertiary/aromatic N) is 1. The topological polar surface area (TPSA) is 39.2 Å². The third-order valence-corrected chi connectivity index (χ3v) is 3.74. The molecule has 104 valence electrons. The molecule has 0 saturated carbocycles. The smallest absolute Gasteiger partial charge is 0.357 e. The van der Waals surface area contributed by atoms with Crippen LogP contribution < -0.4 is 0 Å². The molecule has 0 aliphatic rings. The van der Waals surface area contributed by atoms with Crippen LogP contribution in [0.25, 0.3) is 11.1 Å². The number of hydrogen-bond acceptors (Lipinski definition) is 3. The highest BCUT2D eigenvalue weighted by molar-refractivity contribution is 6.45. The van der Waals surface area contributed by atoms with Crippen molar-refractivity contribution in [2.45, 2.75) is 0 Å². The zero-order chi connectivity index (χ0) is 14.9. The molecule has 0 aliphatic heterocycles. The zero-order valence-corrected chi connectivity index (χ0v) is 13.1. The Morgan fingerprint density at radius 3 is 2.35 bits per heavy atom. The van der Waals surface area contributed by atoms with Gasteiger partial charge in [0.25, 0.3) is 0 Å². The number of benzene rings is 1. The molecule has 20 heavy (non-hydrogen) atoms. The Balaban J connectivity index is 2.75. The molecule has 2 aromatic rings. The molecule has 0 fully saturated rings. The Bertz CT molecular complexity index is 688. The molecule has 0 saturated heterocycles. The Labute approximate surface area is 135 Å². The Morgan fingerprint density at radius 1 is 1.05 bits per heavy atom. The van der Waals surface area contributed by atoms with Crippen LogP contribution in [0.15, 0.2) is 24.4 Å². The SMILES string of the molecule is COC(=O)c1ncc(Cl)cc1-c1cc(Cl)cc(Cl)c1Cl. The van der Waals surface area contributed by atoms with Crippen molar-refractivity contribution in [1.82, 2.24) is 4.98 Å². The van der Waals surface area contributed by atoms with E-state index in [0.29, 0.717) is 21.2 Å². The van der Waals surface area contributed by atoms with Gasteiger partial charge in [-0.25, -0.2) is 9.78 Å². The first-order valence-electron chi connectivity index (χ1n) is 5.32. The predicted molar refractivity (Wildman–Crippen MR) is 81.1 cm³/mol. The number of aromatic nitrogens is 1. The molecule has 0 amide bonds. The number of hydrogen-bond donors (Lipinski definition) is 0. The maximum Gasteiger partial charge on any atom is 0.357 e. The van der Waals surface area contributed by atoms with E-state index in [1.807, 2.05) is 0 Å². The van der Waals surface area contributed by atoms with Gasteiger partial charge in [0.1, 0.15) is 0 Å². The molecule has 2 rings (SSSR count). The number of rotatable bonds is 2. The average molecular weight is 351 g/mol. The molecule has 0 aliphatic carbocycles. The number of halogens is 4. The minimum atomic E-state index is -0.608. The molecule has 7 heteroatoms. The summed E-state index contributed by atoms with van der Waals surface area (Å²) < 4.78 is 4.69. The highest BCUT2D eigenvalue weighted by atomic mass is 35.5. The largest absolute Gasteiger partial charge is 0.464 e. The summed E-state index contributed by atoms with van der Waals surface area (Å²) >= 11 is 24.0. The van der Waals surface area contributed by atoms with Gasteiger partial charge in [-0.15, -0.1) is 0 Å². The molecule has 0 spiro atoms. The molecular weight excluding hydrogens is 344 g/mol. The summed E-state index contributed by atoms with van der Waals surface area (Å²) in [6.07, 6.45) is 1.34. The van der Waals surface area contributed by atoms with Crippen LogP contribution in [-0.2, 0) is 4.74 Å². The Kier molecular flexibility index (Phi) is 4.76. The molecule has 0 N–H and O–H groups in total. The quantitative estimate of drug-likeness (QED) is 0.555. The first-order valence-corrected chi connectivity index (χ1v) is 6.84. The fourth-order valence-electron chi connectivity index (χ4n) is 1.66. The summed E-state index contributed by atoms with van der Waals surface area (Å²) in [7, 11) is 1.26. The number of carbonyl (C=O) groups is 1. The van der Waals surface area contributed by atoms with Crippen molar-refractivity contribution < 1.29 is 9.53 Å². The molecule has 0 radical (unpaired) electrons. The highest BCUT2D eigenvalue weighted by Crippen LogP contribution is 2.38. The minimum Gasteiger partial charge on any atom is -0.464 e. The normalized spacial score (nSPS) is 10.4. The second kappa shape index (κ2) is 6.19. The second-order valence-corrected chi connectivity index (χ2v) is 5.45. The first-order chi connectivity index (χ1) is 9.43. The minimum absolute atomic E-state index is 0.0807. The highest BCUT2D eigenvalue weighted by Gasteiger charge is 2.19. The fraction of sp³-hybridized carbons (Fsp3) is 0.0769. The molecule has 0 bridgehead atoms. The van der Waals surface area contributed by atoms with E-state index in [1.165, 1.54) is 19.4 Å². The molecule has 0 unspecified atom stereocenters. The van der Waals surface area contributed by atoms with E-state index < -0.39 is 5.97 Å². The lowest BCUT2D eigenvalue weighted by molar-refractivity contribution is 0.0595. The van der Waals surface area contributed by atoms with Crippen LogP contribution in [0.3, 0.4) is 0 Å². The van der Waals surface area contributed by atoms with Crippen LogP contribution in [0.1, 0.15) is 10.5 Å². The van der Waals surface area contributed by atoms with E-state index >= 15 is 0 Å². The van der Waals surface area contributed by atoms with Gasteiger partial charge in [0.05, 0.1) is 22.2 Å². The van der Waals surface area contributed by atoms with Gasteiger partial charge in [-0.05, 0) is 18.2 Å². The van der Waals surface area contributed by atoms with Gasteiger partial charge in [0.15, 0.2) is 5.69 Å². The maximum atomic E-state index is 11.8. The van der Waals surface area contributed by atoms with Crippen LogP contribution in [0.5, 0.6) is 0 Å². The molecule has 1 aromatic heterocycles. The summed E-state index contributed by atoms with van der Waals surface area (Å²) in [4.78, 5) is 15.7. The van der Waals surface area contributed by atoms with Crippen molar-refractivity contribution in [3.63, 3.8) is 0 Å². The lowest BCUT2D eigenvalue weighted by Crippen LogP contribution is -2.06. The van der Waals surface area contributed by atoms with Gasteiger partial charge in [-0.3, -0.25) is 0 Å². The summed E-state index contributed by atoms with van der Waals surface area (Å²) in [5.74, 6) is -0.608. The summed E-state index contributed by atoms with van der Waals surface area (Å²) in [6.45, 7) is 0. The molecule has 1 aromatic carbocycles. The van der Waals surface area contributed by atoms with Gasteiger partial charge in [-0.2, -0.15) is 0 Å². The number of carbonyl (C=O) groups excluding carboxylic acids is 1. The van der Waals surface area contributed by atoms with Crippen LogP contribution in [0.2, 0.25) is 20.1 Å². The van der Waals surface area contributed by atoms with Crippen molar-refractivity contribution in [2.24, 2.45) is 0 Å². The van der Waals surface area contributed by atoms with E-state index in [4.69, 9.17) is 46.4 Å². The van der Waals surface area contributed by atoms with Crippen molar-refractivity contribution >= 4 is 52.4 Å². The Hall–Kier alpha value is -1.000. The van der Waals surface area contributed by atoms with Crippen LogP contribution in [0.4, 0.5) is 0 Å². The van der Waals surface area contributed by atoms with Crippen molar-refractivity contribution in [3.05, 3.63) is 50.2 Å². The van der Waals surface area contributed by atoms with E-state index in [9.17, 15) is 4.79 Å². The van der Waals surface area contributed by atoms with E-state index in [-0.39, 0.29) is 15.7 Å². The maximum absolute atomic E-state index is 11.8. The van der Waals surface area contributed by atoms with Gasteiger partial charge >= 0.3 is 5.97 Å². The lowest BCUT2D eigenvalue weighted by atomic mass is 10.0. The number of esters is 1. The second-order valence-electron chi connectivity index (χ2n) is 3.79. The van der Waals surface area contributed by atoms with Crippen LogP contribution in [-0.4, -0.2) is 18.1 Å². The van der Waals surface area contributed by atoms with Crippen molar-refractivity contribution in [1.29, 1.82) is 0 Å². The third-order valence-electron chi connectivity index (χ3n) is 2.52. The van der Waals surface area contributed by atoms with Crippen LogP contribution in [0, 0.1) is 0 Å². The third kappa shape index (κ3) is 3.01. The Morgan fingerprint density at radius 2 is 1.70 bits per heavy atom. The van der Waals surface area contributed by atoms with E-state index in [1.54, 1.807) is 12.1 Å².